The molecule has 0 aromatic heterocycles. The molecular weight excluding hydrogens is 243 g/mol. The zero-order chi connectivity index (χ0) is 13.5. The van der Waals surface area contributed by atoms with E-state index in [2.05, 4.69) is 4.90 Å². The third-order valence-electron chi connectivity index (χ3n) is 3.58. The fraction of sp³-hybridized carbons (Fsp3) is 0.600. The number of ether oxygens (including phenoxy) is 1. The first-order valence-corrected chi connectivity index (χ1v) is 7.10. The maximum Gasteiger partial charge on any atom is 0.123 e. The molecule has 0 amide bonds. The van der Waals surface area contributed by atoms with Crippen molar-refractivity contribution in [1.82, 2.24) is 4.90 Å². The normalized spacial score (nSPS) is 17.6. The predicted molar refractivity (Wildman–Crippen MR) is 74.8 cm³/mol. The number of likely N-dealkylation sites (tertiary alicyclic amines) is 1. The number of halogens is 1. The molecule has 0 unspecified atom stereocenters. The highest BCUT2D eigenvalue weighted by atomic mass is 19.1. The molecule has 1 aromatic carbocycles. The van der Waals surface area contributed by atoms with Gasteiger partial charge in [0.25, 0.3) is 0 Å². The highest BCUT2D eigenvalue weighted by molar-refractivity contribution is 5.21. The molecule has 1 aliphatic rings. The van der Waals surface area contributed by atoms with Gasteiger partial charge in [0.1, 0.15) is 11.6 Å². The van der Waals surface area contributed by atoms with Gasteiger partial charge in [-0.25, -0.2) is 4.39 Å². The maximum absolute atomic E-state index is 12.7. The van der Waals surface area contributed by atoms with Gasteiger partial charge in [-0.05, 0) is 69.6 Å². The molecule has 0 bridgehead atoms. The largest absolute Gasteiger partial charge is 0.494 e. The van der Waals surface area contributed by atoms with Crippen LogP contribution in [0.1, 0.15) is 25.7 Å². The van der Waals surface area contributed by atoms with Crippen molar-refractivity contribution in [2.45, 2.75) is 31.7 Å². The van der Waals surface area contributed by atoms with Crippen LogP contribution in [0.4, 0.5) is 4.39 Å². The lowest BCUT2D eigenvalue weighted by Crippen LogP contribution is -2.40. The first-order chi connectivity index (χ1) is 9.24. The highest BCUT2D eigenvalue weighted by Gasteiger charge is 2.14. The number of hydrogen-bond acceptors (Lipinski definition) is 3. The van der Waals surface area contributed by atoms with E-state index in [0.717, 1.165) is 51.1 Å². The van der Waals surface area contributed by atoms with E-state index >= 15 is 0 Å². The summed E-state index contributed by atoms with van der Waals surface area (Å²) in [6.07, 6.45) is 4.40. The van der Waals surface area contributed by atoms with Crippen molar-refractivity contribution in [3.05, 3.63) is 30.1 Å². The van der Waals surface area contributed by atoms with E-state index < -0.39 is 0 Å². The summed E-state index contributed by atoms with van der Waals surface area (Å²) >= 11 is 0. The number of nitrogens with two attached hydrogens (primary N) is 1. The molecule has 4 heteroatoms. The van der Waals surface area contributed by atoms with E-state index in [1.54, 1.807) is 12.1 Å². The molecule has 1 fully saturated rings. The van der Waals surface area contributed by atoms with Crippen molar-refractivity contribution < 1.29 is 9.13 Å². The molecule has 0 spiro atoms. The van der Waals surface area contributed by atoms with Gasteiger partial charge in [0.15, 0.2) is 0 Å². The lowest BCUT2D eigenvalue weighted by atomic mass is 10.1. The van der Waals surface area contributed by atoms with Gasteiger partial charge < -0.3 is 15.4 Å². The van der Waals surface area contributed by atoms with Crippen molar-refractivity contribution in [2.24, 2.45) is 5.73 Å². The third-order valence-corrected chi connectivity index (χ3v) is 3.58. The van der Waals surface area contributed by atoms with Crippen LogP contribution in [-0.2, 0) is 0 Å². The van der Waals surface area contributed by atoms with Gasteiger partial charge in [-0.15, -0.1) is 0 Å². The van der Waals surface area contributed by atoms with E-state index in [1.807, 2.05) is 0 Å². The Kier molecular flexibility index (Phi) is 5.61. The zero-order valence-corrected chi connectivity index (χ0v) is 11.4. The Bertz CT molecular complexity index is 361. The van der Waals surface area contributed by atoms with E-state index in [9.17, 15) is 4.39 Å². The Morgan fingerprint density at radius 1 is 1.16 bits per heavy atom. The Labute approximate surface area is 114 Å². The van der Waals surface area contributed by atoms with Crippen LogP contribution in [0.3, 0.4) is 0 Å². The van der Waals surface area contributed by atoms with Crippen LogP contribution in [0.5, 0.6) is 5.75 Å². The standard InChI is InChI=1S/C15H23FN2O/c16-13-3-5-15(6-4-13)19-12-2-1-9-18-10-7-14(17)8-11-18/h3-6,14H,1-2,7-12,17H2. The van der Waals surface area contributed by atoms with Crippen molar-refractivity contribution >= 4 is 0 Å². The number of unbranched alkanes of at least 4 members (excludes halogenated alkanes) is 1. The van der Waals surface area contributed by atoms with Gasteiger partial charge in [-0.2, -0.15) is 0 Å². The predicted octanol–water partition coefficient (Wildman–Crippen LogP) is 2.41. The number of rotatable bonds is 6. The number of nitrogens with zero attached hydrogens (tertiary/aromatic N) is 1. The molecule has 1 aliphatic heterocycles. The molecule has 2 rings (SSSR count). The molecule has 0 radical (unpaired) electrons. The van der Waals surface area contributed by atoms with Gasteiger partial charge in [-0.3, -0.25) is 0 Å². The molecule has 0 aliphatic carbocycles. The molecule has 2 N–H and O–H groups in total. The fourth-order valence-corrected chi connectivity index (χ4v) is 2.33. The van der Waals surface area contributed by atoms with Gasteiger partial charge in [0.05, 0.1) is 6.61 Å². The van der Waals surface area contributed by atoms with Crippen LogP contribution >= 0.6 is 0 Å². The highest BCUT2D eigenvalue weighted by Crippen LogP contribution is 2.12. The number of hydrogen-bond donors (Lipinski definition) is 1. The summed E-state index contributed by atoms with van der Waals surface area (Å²) < 4.78 is 18.3. The smallest absolute Gasteiger partial charge is 0.123 e. The van der Waals surface area contributed by atoms with Gasteiger partial charge in [0.2, 0.25) is 0 Å². The van der Waals surface area contributed by atoms with Crippen LogP contribution in [0.2, 0.25) is 0 Å². The van der Waals surface area contributed by atoms with E-state index in [4.69, 9.17) is 10.5 Å². The molecule has 3 nitrogen and oxygen atoms in total. The molecule has 1 aromatic rings. The second kappa shape index (κ2) is 7.46. The van der Waals surface area contributed by atoms with Crippen molar-refractivity contribution in [3.63, 3.8) is 0 Å². The minimum Gasteiger partial charge on any atom is -0.494 e. The number of benzene rings is 1. The Morgan fingerprint density at radius 2 is 1.84 bits per heavy atom. The topological polar surface area (TPSA) is 38.5 Å². The third kappa shape index (κ3) is 5.17. The van der Waals surface area contributed by atoms with Crippen molar-refractivity contribution in [3.8, 4) is 5.75 Å². The van der Waals surface area contributed by atoms with Crippen LogP contribution < -0.4 is 10.5 Å². The Hall–Kier alpha value is -1.13. The molecule has 0 saturated carbocycles. The molecule has 1 heterocycles. The van der Waals surface area contributed by atoms with E-state index in [-0.39, 0.29) is 5.82 Å². The second-order valence-electron chi connectivity index (χ2n) is 5.19. The molecular formula is C15H23FN2O. The van der Waals surface area contributed by atoms with Crippen molar-refractivity contribution in [1.29, 1.82) is 0 Å². The lowest BCUT2D eigenvalue weighted by molar-refractivity contribution is 0.203. The summed E-state index contributed by atoms with van der Waals surface area (Å²) in [4.78, 5) is 2.47. The number of piperidine rings is 1. The summed E-state index contributed by atoms with van der Waals surface area (Å²) in [6, 6.07) is 6.58. The van der Waals surface area contributed by atoms with Gasteiger partial charge >= 0.3 is 0 Å². The fourth-order valence-electron chi connectivity index (χ4n) is 2.33. The average Bonchev–Trinajstić information content (AvgIpc) is 2.43. The zero-order valence-electron chi connectivity index (χ0n) is 11.4. The van der Waals surface area contributed by atoms with Crippen LogP contribution in [-0.4, -0.2) is 37.2 Å². The molecule has 1 saturated heterocycles. The average molecular weight is 266 g/mol. The summed E-state index contributed by atoms with van der Waals surface area (Å²) in [5, 5.41) is 0. The SMILES string of the molecule is NC1CCN(CCCCOc2ccc(F)cc2)CC1. The Balaban J connectivity index is 1.53. The molecule has 106 valence electrons. The van der Waals surface area contributed by atoms with Crippen molar-refractivity contribution in [2.75, 3.05) is 26.2 Å². The lowest BCUT2D eigenvalue weighted by Gasteiger charge is -2.29. The van der Waals surface area contributed by atoms with Gasteiger partial charge in [-0.1, -0.05) is 0 Å². The van der Waals surface area contributed by atoms with Crippen LogP contribution in [0.25, 0.3) is 0 Å². The Morgan fingerprint density at radius 3 is 2.53 bits per heavy atom. The summed E-state index contributed by atoms with van der Waals surface area (Å²) in [5.41, 5.74) is 5.87. The minimum absolute atomic E-state index is 0.226. The summed E-state index contributed by atoms with van der Waals surface area (Å²) in [5.74, 6) is 0.515. The molecule has 19 heavy (non-hydrogen) atoms. The van der Waals surface area contributed by atoms with Gasteiger partial charge in [0, 0.05) is 6.04 Å². The van der Waals surface area contributed by atoms with Crippen LogP contribution in [0, 0.1) is 5.82 Å². The maximum atomic E-state index is 12.7. The first kappa shape index (κ1) is 14.3. The molecule has 0 atom stereocenters. The monoisotopic (exact) mass is 266 g/mol. The summed E-state index contributed by atoms with van der Waals surface area (Å²) in [7, 11) is 0. The van der Waals surface area contributed by atoms with E-state index in [0.29, 0.717) is 12.6 Å². The first-order valence-electron chi connectivity index (χ1n) is 7.10. The minimum atomic E-state index is -0.226. The summed E-state index contributed by atoms with van der Waals surface area (Å²) in [6.45, 7) is 4.07. The quantitative estimate of drug-likeness (QED) is 0.804. The van der Waals surface area contributed by atoms with Crippen LogP contribution in [0.15, 0.2) is 24.3 Å². The second-order valence-corrected chi connectivity index (χ2v) is 5.19. The van der Waals surface area contributed by atoms with E-state index in [1.165, 1.54) is 12.1 Å².